The van der Waals surface area contributed by atoms with Crippen molar-refractivity contribution in [2.24, 2.45) is 11.7 Å². The molecule has 1 aliphatic rings. The highest BCUT2D eigenvalue weighted by Gasteiger charge is 2.37. The number of fused-ring (bicyclic) bond motifs is 1. The molecular formula is C11H11ClN2O2. The summed E-state index contributed by atoms with van der Waals surface area (Å²) in [5.74, 6) is -1.78. The Balaban J connectivity index is 2.46. The number of carbonyl (C=O) groups is 2. The number of carbonyl (C=O) groups excluding carboxylic acids is 2. The van der Waals surface area contributed by atoms with Crippen LogP contribution in [-0.4, -0.2) is 11.8 Å². The van der Waals surface area contributed by atoms with E-state index in [1.54, 1.807) is 25.1 Å². The van der Waals surface area contributed by atoms with Crippen LogP contribution in [0.1, 0.15) is 18.4 Å². The van der Waals surface area contributed by atoms with Crippen molar-refractivity contribution >= 4 is 29.1 Å². The van der Waals surface area contributed by atoms with E-state index in [2.05, 4.69) is 5.32 Å². The molecular weight excluding hydrogens is 228 g/mol. The number of hydrogen-bond acceptors (Lipinski definition) is 2. The molecule has 0 aliphatic carbocycles. The van der Waals surface area contributed by atoms with Crippen molar-refractivity contribution in [2.75, 3.05) is 5.32 Å². The number of benzene rings is 1. The molecule has 16 heavy (non-hydrogen) atoms. The fourth-order valence-electron chi connectivity index (χ4n) is 1.92. The van der Waals surface area contributed by atoms with Crippen molar-refractivity contribution in [3.8, 4) is 0 Å². The Kier molecular flexibility index (Phi) is 2.59. The predicted molar refractivity (Wildman–Crippen MR) is 61.2 cm³/mol. The van der Waals surface area contributed by atoms with E-state index < -0.39 is 17.7 Å². The van der Waals surface area contributed by atoms with Gasteiger partial charge in [-0.1, -0.05) is 18.5 Å². The second kappa shape index (κ2) is 3.79. The molecule has 2 rings (SSSR count). The summed E-state index contributed by atoms with van der Waals surface area (Å²) in [7, 11) is 0. The first kappa shape index (κ1) is 11.0. The van der Waals surface area contributed by atoms with Crippen LogP contribution in [0.15, 0.2) is 18.2 Å². The van der Waals surface area contributed by atoms with Crippen molar-refractivity contribution < 1.29 is 9.59 Å². The summed E-state index contributed by atoms with van der Waals surface area (Å²) in [6.07, 6.45) is 0. The van der Waals surface area contributed by atoms with Gasteiger partial charge in [-0.15, -0.1) is 0 Å². The molecule has 0 saturated heterocycles. The standard InChI is InChI=1S/C11H11ClN2O2/c1-5(10(13)15)9-7-4-6(12)2-3-8(7)14-11(9)16/h2-5,9H,1H3,(H2,13,15)(H,14,16)/t5-,9?/m1/s1. The molecule has 0 fully saturated rings. The number of anilines is 1. The lowest BCUT2D eigenvalue weighted by Crippen LogP contribution is -2.30. The van der Waals surface area contributed by atoms with E-state index in [0.29, 0.717) is 10.7 Å². The molecule has 1 aliphatic heterocycles. The summed E-state index contributed by atoms with van der Waals surface area (Å²) in [6.45, 7) is 1.64. The Morgan fingerprint density at radius 1 is 1.56 bits per heavy atom. The van der Waals surface area contributed by atoms with Gasteiger partial charge < -0.3 is 11.1 Å². The van der Waals surface area contributed by atoms with Gasteiger partial charge in [0.25, 0.3) is 0 Å². The first-order chi connectivity index (χ1) is 7.50. The lowest BCUT2D eigenvalue weighted by molar-refractivity contribution is -0.126. The monoisotopic (exact) mass is 238 g/mol. The molecule has 5 heteroatoms. The van der Waals surface area contributed by atoms with Crippen LogP contribution in [0.4, 0.5) is 5.69 Å². The first-order valence-electron chi connectivity index (χ1n) is 4.90. The van der Waals surface area contributed by atoms with Gasteiger partial charge in [-0.2, -0.15) is 0 Å². The van der Waals surface area contributed by atoms with Crippen LogP contribution >= 0.6 is 11.6 Å². The molecule has 0 saturated carbocycles. The Hall–Kier alpha value is -1.55. The van der Waals surface area contributed by atoms with E-state index in [0.717, 1.165) is 5.56 Å². The van der Waals surface area contributed by atoms with Gasteiger partial charge in [-0.3, -0.25) is 9.59 Å². The van der Waals surface area contributed by atoms with Gasteiger partial charge >= 0.3 is 0 Å². The molecule has 2 amide bonds. The third-order valence-electron chi connectivity index (χ3n) is 2.84. The minimum Gasteiger partial charge on any atom is -0.369 e. The van der Waals surface area contributed by atoms with E-state index in [9.17, 15) is 9.59 Å². The molecule has 1 aromatic rings. The molecule has 0 bridgehead atoms. The highest BCUT2D eigenvalue weighted by Crippen LogP contribution is 2.38. The van der Waals surface area contributed by atoms with E-state index in [-0.39, 0.29) is 5.91 Å². The fraction of sp³-hybridized carbons (Fsp3) is 0.273. The summed E-state index contributed by atoms with van der Waals surface area (Å²) in [5.41, 5.74) is 6.66. The van der Waals surface area contributed by atoms with E-state index in [1.807, 2.05) is 0 Å². The van der Waals surface area contributed by atoms with Crippen molar-refractivity contribution in [2.45, 2.75) is 12.8 Å². The Bertz CT molecular complexity index is 473. The summed E-state index contributed by atoms with van der Waals surface area (Å²) in [5, 5.41) is 3.24. The van der Waals surface area contributed by atoms with Gasteiger partial charge in [0.05, 0.1) is 11.8 Å². The number of rotatable bonds is 2. The Labute approximate surface area is 97.8 Å². The van der Waals surface area contributed by atoms with Crippen LogP contribution in [0.3, 0.4) is 0 Å². The second-order valence-corrected chi connectivity index (χ2v) is 4.33. The highest BCUT2D eigenvalue weighted by molar-refractivity contribution is 6.31. The average molecular weight is 239 g/mol. The van der Waals surface area contributed by atoms with E-state index >= 15 is 0 Å². The predicted octanol–water partition coefficient (Wildman–Crippen LogP) is 1.50. The molecule has 0 radical (unpaired) electrons. The molecule has 4 nitrogen and oxygen atoms in total. The molecule has 3 N–H and O–H groups in total. The normalized spacial score (nSPS) is 20.1. The molecule has 0 spiro atoms. The maximum absolute atomic E-state index is 11.7. The van der Waals surface area contributed by atoms with Crippen LogP contribution in [0.5, 0.6) is 0 Å². The Morgan fingerprint density at radius 2 is 2.25 bits per heavy atom. The van der Waals surface area contributed by atoms with Gasteiger partial charge in [-0.25, -0.2) is 0 Å². The number of nitrogens with two attached hydrogens (primary N) is 1. The minimum atomic E-state index is -0.542. The van der Waals surface area contributed by atoms with E-state index in [4.69, 9.17) is 17.3 Å². The molecule has 1 aromatic carbocycles. The van der Waals surface area contributed by atoms with Crippen LogP contribution in [0.25, 0.3) is 0 Å². The Morgan fingerprint density at radius 3 is 2.88 bits per heavy atom. The zero-order valence-electron chi connectivity index (χ0n) is 8.66. The quantitative estimate of drug-likeness (QED) is 0.820. The minimum absolute atomic E-state index is 0.205. The highest BCUT2D eigenvalue weighted by atomic mass is 35.5. The summed E-state index contributed by atoms with van der Waals surface area (Å²) < 4.78 is 0. The third-order valence-corrected chi connectivity index (χ3v) is 3.07. The van der Waals surface area contributed by atoms with Crippen LogP contribution in [0, 0.1) is 5.92 Å². The van der Waals surface area contributed by atoms with Gasteiger partial charge in [-0.05, 0) is 23.8 Å². The van der Waals surface area contributed by atoms with Gasteiger partial charge in [0.1, 0.15) is 0 Å². The van der Waals surface area contributed by atoms with Crippen LogP contribution in [-0.2, 0) is 9.59 Å². The van der Waals surface area contributed by atoms with Gasteiger partial charge in [0.15, 0.2) is 0 Å². The smallest absolute Gasteiger partial charge is 0.232 e. The summed E-state index contributed by atoms with van der Waals surface area (Å²) >= 11 is 5.87. The summed E-state index contributed by atoms with van der Waals surface area (Å²) in [4.78, 5) is 22.9. The number of halogens is 1. The molecule has 1 unspecified atom stereocenters. The van der Waals surface area contributed by atoms with E-state index in [1.165, 1.54) is 0 Å². The lowest BCUT2D eigenvalue weighted by Gasteiger charge is -2.14. The van der Waals surface area contributed by atoms with Gasteiger partial charge in [0.2, 0.25) is 11.8 Å². The van der Waals surface area contributed by atoms with Crippen molar-refractivity contribution in [1.29, 1.82) is 0 Å². The number of nitrogens with one attached hydrogen (secondary N) is 1. The lowest BCUT2D eigenvalue weighted by atomic mass is 9.88. The topological polar surface area (TPSA) is 72.2 Å². The SMILES string of the molecule is C[C@@H](C(N)=O)C1C(=O)Nc2ccc(Cl)cc21. The largest absolute Gasteiger partial charge is 0.369 e. The zero-order valence-corrected chi connectivity index (χ0v) is 9.41. The molecule has 1 heterocycles. The van der Waals surface area contributed by atoms with Crippen molar-refractivity contribution in [3.63, 3.8) is 0 Å². The average Bonchev–Trinajstić information content (AvgIpc) is 2.52. The van der Waals surface area contributed by atoms with Gasteiger partial charge in [0, 0.05) is 10.7 Å². The fourth-order valence-corrected chi connectivity index (χ4v) is 2.10. The maximum Gasteiger partial charge on any atom is 0.232 e. The molecule has 2 atom stereocenters. The number of amides is 2. The summed E-state index contributed by atoms with van der Waals surface area (Å²) in [6, 6.07) is 5.11. The first-order valence-corrected chi connectivity index (χ1v) is 5.28. The third kappa shape index (κ3) is 1.65. The molecule has 84 valence electrons. The molecule has 0 aromatic heterocycles. The maximum atomic E-state index is 11.7. The zero-order chi connectivity index (χ0) is 11.9. The second-order valence-electron chi connectivity index (χ2n) is 3.89. The van der Waals surface area contributed by atoms with Crippen LogP contribution in [0.2, 0.25) is 5.02 Å². The van der Waals surface area contributed by atoms with Crippen LogP contribution < -0.4 is 11.1 Å². The van der Waals surface area contributed by atoms with Crippen molar-refractivity contribution in [3.05, 3.63) is 28.8 Å². The van der Waals surface area contributed by atoms with Crippen molar-refractivity contribution in [1.82, 2.24) is 0 Å². The number of hydrogen-bond donors (Lipinski definition) is 2. The number of primary amides is 1.